The Kier molecular flexibility index (Phi) is 1.97. The van der Waals surface area contributed by atoms with Crippen molar-refractivity contribution < 1.29 is 9.90 Å². The molecule has 1 unspecified atom stereocenters. The van der Waals surface area contributed by atoms with Crippen LogP contribution in [0.2, 0.25) is 0 Å². The second-order valence-corrected chi connectivity index (χ2v) is 4.08. The summed E-state index contributed by atoms with van der Waals surface area (Å²) in [6.45, 7) is 1.11. The van der Waals surface area contributed by atoms with Crippen molar-refractivity contribution in [3.63, 3.8) is 0 Å². The topological polar surface area (TPSA) is 54.3 Å². The smallest absolute Gasteiger partial charge is 0.322 e. The quantitative estimate of drug-likeness (QED) is 0.753. The molecule has 0 spiro atoms. The predicted octanol–water partition coefficient (Wildman–Crippen LogP) is 1.20. The summed E-state index contributed by atoms with van der Waals surface area (Å²) in [6.07, 6.45) is 0. The van der Waals surface area contributed by atoms with Gasteiger partial charge in [0.15, 0.2) is 0 Å². The molecule has 0 aliphatic carbocycles. The number of carboxylic acids is 1. The molecule has 0 fully saturated rings. The largest absolute Gasteiger partial charge is 0.480 e. The molecule has 1 aromatic carbocycles. The lowest BCUT2D eigenvalue weighted by atomic mass is 10.2. The molecule has 82 valence electrons. The zero-order valence-corrected chi connectivity index (χ0v) is 8.68. The third kappa shape index (κ3) is 1.31. The summed E-state index contributed by atoms with van der Waals surface area (Å²) in [6, 6.07) is 9.69. The molecule has 1 aliphatic heterocycles. The van der Waals surface area contributed by atoms with Crippen molar-refractivity contribution in [3.8, 4) is 0 Å². The molecule has 1 atom stereocenters. The second kappa shape index (κ2) is 3.35. The molecule has 1 aromatic heterocycles. The molecule has 0 saturated heterocycles. The van der Waals surface area contributed by atoms with Gasteiger partial charge in [-0.15, -0.1) is 0 Å². The van der Waals surface area contributed by atoms with Crippen LogP contribution in [-0.2, 0) is 17.9 Å². The number of para-hydroxylation sites is 1. The van der Waals surface area contributed by atoms with Crippen molar-refractivity contribution in [3.05, 3.63) is 36.0 Å². The molecule has 0 amide bonds. The van der Waals surface area contributed by atoms with Crippen LogP contribution < -0.4 is 5.32 Å². The highest BCUT2D eigenvalue weighted by Crippen LogP contribution is 2.22. The maximum absolute atomic E-state index is 10.9. The van der Waals surface area contributed by atoms with Crippen LogP contribution in [0.15, 0.2) is 30.3 Å². The minimum Gasteiger partial charge on any atom is -0.480 e. The second-order valence-electron chi connectivity index (χ2n) is 4.08. The molecule has 0 radical (unpaired) electrons. The Balaban J connectivity index is 2.11. The third-order valence-corrected chi connectivity index (χ3v) is 3.09. The molecule has 2 heterocycles. The monoisotopic (exact) mass is 216 g/mol. The van der Waals surface area contributed by atoms with Gasteiger partial charge < -0.3 is 9.67 Å². The first-order valence-electron chi connectivity index (χ1n) is 5.29. The lowest BCUT2D eigenvalue weighted by Gasteiger charge is -2.23. The summed E-state index contributed by atoms with van der Waals surface area (Å²) in [5.74, 6) is -0.788. The predicted molar refractivity (Wildman–Crippen MR) is 60.2 cm³/mol. The Morgan fingerprint density at radius 1 is 1.44 bits per heavy atom. The van der Waals surface area contributed by atoms with E-state index in [0.717, 1.165) is 11.2 Å². The van der Waals surface area contributed by atoms with Gasteiger partial charge in [0, 0.05) is 24.3 Å². The van der Waals surface area contributed by atoms with Crippen LogP contribution in [0.4, 0.5) is 0 Å². The highest BCUT2D eigenvalue weighted by atomic mass is 16.4. The van der Waals surface area contributed by atoms with E-state index in [1.54, 1.807) is 0 Å². The average molecular weight is 216 g/mol. The van der Waals surface area contributed by atoms with Gasteiger partial charge in [-0.05, 0) is 17.5 Å². The summed E-state index contributed by atoms with van der Waals surface area (Å²) in [5, 5.41) is 13.2. The van der Waals surface area contributed by atoms with Crippen LogP contribution in [0.25, 0.3) is 10.9 Å². The van der Waals surface area contributed by atoms with Gasteiger partial charge in [0.05, 0.1) is 0 Å². The van der Waals surface area contributed by atoms with Gasteiger partial charge in [0.2, 0.25) is 0 Å². The molecule has 3 rings (SSSR count). The third-order valence-electron chi connectivity index (χ3n) is 3.09. The Morgan fingerprint density at radius 2 is 2.25 bits per heavy atom. The fourth-order valence-corrected chi connectivity index (χ4v) is 2.27. The highest BCUT2D eigenvalue weighted by Gasteiger charge is 2.24. The van der Waals surface area contributed by atoms with Crippen molar-refractivity contribution >= 4 is 16.9 Å². The van der Waals surface area contributed by atoms with Crippen LogP contribution in [0.1, 0.15) is 5.69 Å². The van der Waals surface area contributed by atoms with E-state index in [2.05, 4.69) is 22.0 Å². The number of nitrogens with one attached hydrogen (secondary N) is 1. The average Bonchev–Trinajstić information content (AvgIpc) is 2.66. The van der Waals surface area contributed by atoms with Gasteiger partial charge in [0.25, 0.3) is 0 Å². The van der Waals surface area contributed by atoms with Gasteiger partial charge in [-0.1, -0.05) is 18.2 Å². The maximum Gasteiger partial charge on any atom is 0.322 e. The number of hydrogen-bond acceptors (Lipinski definition) is 2. The lowest BCUT2D eigenvalue weighted by molar-refractivity contribution is -0.140. The Morgan fingerprint density at radius 3 is 3.06 bits per heavy atom. The standard InChI is InChI=1S/C12H12N2O2/c15-12(16)10-7-14-9(6-13-10)5-8-3-1-2-4-11(8)14/h1-5,10,13H,6-7H2,(H,15,16). The molecule has 0 saturated carbocycles. The zero-order valence-electron chi connectivity index (χ0n) is 8.68. The van der Waals surface area contributed by atoms with Gasteiger partial charge >= 0.3 is 5.97 Å². The van der Waals surface area contributed by atoms with Crippen molar-refractivity contribution in [2.24, 2.45) is 0 Å². The number of rotatable bonds is 1. The Labute approximate surface area is 92.5 Å². The van der Waals surface area contributed by atoms with E-state index in [4.69, 9.17) is 5.11 Å². The summed E-state index contributed by atoms with van der Waals surface area (Å²) in [7, 11) is 0. The van der Waals surface area contributed by atoms with Crippen LogP contribution in [0.3, 0.4) is 0 Å². The Hall–Kier alpha value is -1.81. The van der Waals surface area contributed by atoms with Crippen LogP contribution in [0, 0.1) is 0 Å². The van der Waals surface area contributed by atoms with Crippen molar-refractivity contribution in [2.75, 3.05) is 0 Å². The first-order chi connectivity index (χ1) is 7.75. The number of fused-ring (bicyclic) bond motifs is 3. The number of aromatic nitrogens is 1. The molecule has 4 heteroatoms. The molecular formula is C12H12N2O2. The number of nitrogens with zero attached hydrogens (tertiary/aromatic N) is 1. The number of hydrogen-bond donors (Lipinski definition) is 2. The van der Waals surface area contributed by atoms with E-state index < -0.39 is 12.0 Å². The fourth-order valence-electron chi connectivity index (χ4n) is 2.27. The highest BCUT2D eigenvalue weighted by molar-refractivity contribution is 5.82. The SMILES string of the molecule is O=C(O)C1Cn2c(cc3ccccc32)CN1. The van der Waals surface area contributed by atoms with Crippen molar-refractivity contribution in [1.29, 1.82) is 0 Å². The number of benzene rings is 1. The molecule has 4 nitrogen and oxygen atoms in total. The molecule has 1 aliphatic rings. The first-order valence-corrected chi connectivity index (χ1v) is 5.29. The molecule has 2 N–H and O–H groups in total. The van der Waals surface area contributed by atoms with Gasteiger partial charge in [0.1, 0.15) is 6.04 Å². The van der Waals surface area contributed by atoms with E-state index in [9.17, 15) is 4.79 Å². The fraction of sp³-hybridized carbons (Fsp3) is 0.250. The molecular weight excluding hydrogens is 204 g/mol. The molecule has 0 bridgehead atoms. The number of carbonyl (C=O) groups is 1. The summed E-state index contributed by atoms with van der Waals surface area (Å²) in [5.41, 5.74) is 2.27. The number of carboxylic acid groups (broad SMARTS) is 1. The van der Waals surface area contributed by atoms with Gasteiger partial charge in [-0.25, -0.2) is 0 Å². The van der Waals surface area contributed by atoms with Gasteiger partial charge in [-0.2, -0.15) is 0 Å². The van der Waals surface area contributed by atoms with Crippen molar-refractivity contribution in [2.45, 2.75) is 19.1 Å². The normalized spacial score (nSPS) is 19.6. The molecule has 16 heavy (non-hydrogen) atoms. The minimum absolute atomic E-state index is 0.483. The summed E-state index contributed by atoms with van der Waals surface area (Å²) < 4.78 is 2.09. The summed E-state index contributed by atoms with van der Waals surface area (Å²) in [4.78, 5) is 10.9. The van der Waals surface area contributed by atoms with Crippen LogP contribution in [0.5, 0.6) is 0 Å². The van der Waals surface area contributed by atoms with Crippen molar-refractivity contribution in [1.82, 2.24) is 9.88 Å². The first kappa shape index (κ1) is 9.42. The molecule has 2 aromatic rings. The van der Waals surface area contributed by atoms with Crippen LogP contribution in [-0.4, -0.2) is 21.7 Å². The van der Waals surface area contributed by atoms with Gasteiger partial charge in [-0.3, -0.25) is 10.1 Å². The zero-order chi connectivity index (χ0) is 11.1. The van der Waals surface area contributed by atoms with E-state index in [0.29, 0.717) is 13.1 Å². The van der Waals surface area contributed by atoms with E-state index in [-0.39, 0.29) is 0 Å². The lowest BCUT2D eigenvalue weighted by Crippen LogP contribution is -2.44. The summed E-state index contributed by atoms with van der Waals surface area (Å²) >= 11 is 0. The Bertz CT molecular complexity index is 559. The number of aliphatic carboxylic acids is 1. The van der Waals surface area contributed by atoms with E-state index in [1.807, 2.05) is 18.2 Å². The van der Waals surface area contributed by atoms with E-state index >= 15 is 0 Å². The van der Waals surface area contributed by atoms with Crippen LogP contribution >= 0.6 is 0 Å². The van der Waals surface area contributed by atoms with E-state index in [1.165, 1.54) is 5.39 Å². The minimum atomic E-state index is -0.788. The maximum atomic E-state index is 10.9.